The lowest BCUT2D eigenvalue weighted by atomic mass is 9.97. The number of ether oxygens (including phenoxy) is 1. The number of nitrogens with one attached hydrogen (secondary N) is 2. The van der Waals surface area contributed by atoms with Gasteiger partial charge in [0.25, 0.3) is 0 Å². The van der Waals surface area contributed by atoms with Crippen LogP contribution in [0.3, 0.4) is 0 Å². The molecule has 1 aromatic carbocycles. The summed E-state index contributed by atoms with van der Waals surface area (Å²) in [5.41, 5.74) is 1.39. The van der Waals surface area contributed by atoms with E-state index in [4.69, 9.17) is 4.74 Å². The van der Waals surface area contributed by atoms with Crippen molar-refractivity contribution in [3.05, 3.63) is 29.8 Å². The summed E-state index contributed by atoms with van der Waals surface area (Å²) in [4.78, 5) is 24.3. The number of hydrogen-bond donors (Lipinski definition) is 2. The molecule has 0 radical (unpaired) electrons. The van der Waals surface area contributed by atoms with E-state index in [-0.39, 0.29) is 17.8 Å². The Balaban J connectivity index is 2.42. The summed E-state index contributed by atoms with van der Waals surface area (Å²) in [6.45, 7) is 4.01. The highest BCUT2D eigenvalue weighted by atomic mass is 16.5. The van der Waals surface area contributed by atoms with Crippen molar-refractivity contribution in [2.75, 3.05) is 12.4 Å². The maximum absolute atomic E-state index is 12.3. The molecule has 5 nitrogen and oxygen atoms in total. The molecule has 1 aliphatic heterocycles. The predicted octanol–water partition coefficient (Wildman–Crippen LogP) is 1.86. The number of amides is 1. The van der Waals surface area contributed by atoms with Gasteiger partial charge in [-0.05, 0) is 12.0 Å². The first-order valence-electron chi connectivity index (χ1n) is 6.82. The first kappa shape index (κ1) is 14.5. The van der Waals surface area contributed by atoms with Crippen LogP contribution in [0.15, 0.2) is 24.3 Å². The van der Waals surface area contributed by atoms with Crippen molar-refractivity contribution in [2.24, 2.45) is 5.92 Å². The molecular formula is C15H20N2O3. The van der Waals surface area contributed by atoms with Crippen LogP contribution in [0.4, 0.5) is 5.69 Å². The van der Waals surface area contributed by atoms with Crippen LogP contribution in [0.1, 0.15) is 31.9 Å². The lowest BCUT2D eigenvalue weighted by Crippen LogP contribution is -2.46. The molecule has 2 rings (SSSR count). The molecule has 0 aromatic heterocycles. The lowest BCUT2D eigenvalue weighted by Gasteiger charge is -2.24. The summed E-state index contributed by atoms with van der Waals surface area (Å²) in [6, 6.07) is 6.24. The fraction of sp³-hybridized carbons (Fsp3) is 0.467. The average molecular weight is 276 g/mol. The minimum Gasteiger partial charge on any atom is -0.468 e. The van der Waals surface area contributed by atoms with Crippen LogP contribution in [0, 0.1) is 5.92 Å². The Labute approximate surface area is 118 Å². The quantitative estimate of drug-likeness (QED) is 0.827. The molecule has 108 valence electrons. The summed E-state index contributed by atoms with van der Waals surface area (Å²) in [7, 11) is 1.35. The monoisotopic (exact) mass is 276 g/mol. The third kappa shape index (κ3) is 2.67. The molecule has 2 unspecified atom stereocenters. The normalized spacial score (nSPS) is 23.2. The molecule has 1 heterocycles. The van der Waals surface area contributed by atoms with Gasteiger partial charge in [-0.25, -0.2) is 4.79 Å². The molecule has 1 amide bonds. The van der Waals surface area contributed by atoms with E-state index in [0.717, 1.165) is 12.0 Å². The topological polar surface area (TPSA) is 67.4 Å². The van der Waals surface area contributed by atoms with Crippen LogP contribution in [-0.4, -0.2) is 25.0 Å². The first-order valence-corrected chi connectivity index (χ1v) is 6.82. The molecule has 0 spiro atoms. The molecule has 0 aliphatic carbocycles. The molecule has 0 fully saturated rings. The minimum absolute atomic E-state index is 0.113. The van der Waals surface area contributed by atoms with Gasteiger partial charge in [-0.1, -0.05) is 38.5 Å². The summed E-state index contributed by atoms with van der Waals surface area (Å²) in [6.07, 6.45) is 0.843. The Morgan fingerprint density at radius 2 is 2.10 bits per heavy atom. The number of benzene rings is 1. The number of anilines is 1. The van der Waals surface area contributed by atoms with Crippen LogP contribution in [0.25, 0.3) is 0 Å². The average Bonchev–Trinajstić information content (AvgIpc) is 2.62. The minimum atomic E-state index is -0.630. The SMILES string of the molecule is CC[C@H](C)C1NC(C(=O)OC)c2ccccc2NC1=O. The zero-order chi connectivity index (χ0) is 14.7. The highest BCUT2D eigenvalue weighted by Crippen LogP contribution is 2.29. The zero-order valence-electron chi connectivity index (χ0n) is 12.0. The van der Waals surface area contributed by atoms with Crippen LogP contribution in [-0.2, 0) is 14.3 Å². The number of rotatable bonds is 3. The number of para-hydroxylation sites is 1. The van der Waals surface area contributed by atoms with Crippen molar-refractivity contribution in [2.45, 2.75) is 32.4 Å². The summed E-state index contributed by atoms with van der Waals surface area (Å²) in [5.74, 6) is -0.378. The largest absolute Gasteiger partial charge is 0.468 e. The van der Waals surface area contributed by atoms with Crippen LogP contribution >= 0.6 is 0 Å². The molecule has 1 aromatic rings. The molecule has 0 saturated heterocycles. The predicted molar refractivity (Wildman–Crippen MR) is 76.2 cm³/mol. The Kier molecular flexibility index (Phi) is 4.39. The van der Waals surface area contributed by atoms with E-state index in [1.165, 1.54) is 7.11 Å². The van der Waals surface area contributed by atoms with Crippen LogP contribution < -0.4 is 10.6 Å². The number of carbonyl (C=O) groups is 2. The fourth-order valence-corrected chi connectivity index (χ4v) is 2.39. The van der Waals surface area contributed by atoms with Crippen molar-refractivity contribution in [1.29, 1.82) is 0 Å². The molecule has 1 aliphatic rings. The van der Waals surface area contributed by atoms with Gasteiger partial charge in [-0.3, -0.25) is 10.1 Å². The van der Waals surface area contributed by atoms with E-state index < -0.39 is 12.1 Å². The van der Waals surface area contributed by atoms with Gasteiger partial charge in [0.1, 0.15) is 6.04 Å². The fourth-order valence-electron chi connectivity index (χ4n) is 2.39. The molecule has 5 heteroatoms. The molecule has 3 atom stereocenters. The smallest absolute Gasteiger partial charge is 0.327 e. The number of hydrogen-bond acceptors (Lipinski definition) is 4. The van der Waals surface area contributed by atoms with E-state index in [9.17, 15) is 9.59 Å². The van der Waals surface area contributed by atoms with Gasteiger partial charge in [0.2, 0.25) is 5.91 Å². The Bertz CT molecular complexity index is 516. The van der Waals surface area contributed by atoms with Gasteiger partial charge in [-0.15, -0.1) is 0 Å². The Morgan fingerprint density at radius 3 is 2.75 bits per heavy atom. The van der Waals surface area contributed by atoms with Crippen LogP contribution in [0.2, 0.25) is 0 Å². The highest BCUT2D eigenvalue weighted by Gasteiger charge is 2.35. The van der Waals surface area contributed by atoms with Crippen molar-refractivity contribution < 1.29 is 14.3 Å². The highest BCUT2D eigenvalue weighted by molar-refractivity contribution is 5.98. The van der Waals surface area contributed by atoms with Gasteiger partial charge in [0.15, 0.2) is 0 Å². The van der Waals surface area contributed by atoms with Gasteiger partial charge >= 0.3 is 5.97 Å². The van der Waals surface area contributed by atoms with E-state index in [1.807, 2.05) is 32.0 Å². The van der Waals surface area contributed by atoms with Gasteiger partial charge in [-0.2, -0.15) is 0 Å². The second kappa shape index (κ2) is 6.05. The number of fused-ring (bicyclic) bond motifs is 1. The van der Waals surface area contributed by atoms with Crippen molar-refractivity contribution >= 4 is 17.6 Å². The van der Waals surface area contributed by atoms with Gasteiger partial charge < -0.3 is 10.1 Å². The summed E-state index contributed by atoms with van der Waals surface area (Å²) >= 11 is 0. The van der Waals surface area contributed by atoms with E-state index in [2.05, 4.69) is 10.6 Å². The zero-order valence-corrected chi connectivity index (χ0v) is 12.0. The number of carbonyl (C=O) groups excluding carboxylic acids is 2. The number of esters is 1. The summed E-state index contributed by atoms with van der Waals surface area (Å²) in [5, 5.41) is 6.02. The standard InChI is InChI=1S/C15H20N2O3/c1-4-9(2)12-14(18)16-11-8-6-5-7-10(11)13(17-12)15(19)20-3/h5-9,12-13,17H,4H2,1-3H3,(H,16,18)/t9-,12?,13?/m0/s1. The second-order valence-corrected chi connectivity index (χ2v) is 5.06. The molecule has 0 bridgehead atoms. The maximum Gasteiger partial charge on any atom is 0.327 e. The Morgan fingerprint density at radius 1 is 1.40 bits per heavy atom. The Hall–Kier alpha value is -1.88. The van der Waals surface area contributed by atoms with Crippen molar-refractivity contribution in [1.82, 2.24) is 5.32 Å². The summed E-state index contributed by atoms with van der Waals surface area (Å²) < 4.78 is 4.86. The third-order valence-corrected chi connectivity index (χ3v) is 3.81. The number of methoxy groups -OCH3 is 1. The molecule has 20 heavy (non-hydrogen) atoms. The molecule has 2 N–H and O–H groups in total. The van der Waals surface area contributed by atoms with E-state index in [0.29, 0.717) is 5.69 Å². The van der Waals surface area contributed by atoms with Crippen molar-refractivity contribution in [3.8, 4) is 0 Å². The first-order chi connectivity index (χ1) is 9.58. The molecular weight excluding hydrogens is 256 g/mol. The second-order valence-electron chi connectivity index (χ2n) is 5.06. The van der Waals surface area contributed by atoms with E-state index in [1.54, 1.807) is 6.07 Å². The van der Waals surface area contributed by atoms with Gasteiger partial charge in [0, 0.05) is 11.3 Å². The third-order valence-electron chi connectivity index (χ3n) is 3.81. The van der Waals surface area contributed by atoms with Crippen LogP contribution in [0.5, 0.6) is 0 Å². The lowest BCUT2D eigenvalue weighted by molar-refractivity contribution is -0.143. The van der Waals surface area contributed by atoms with Gasteiger partial charge in [0.05, 0.1) is 13.2 Å². The van der Waals surface area contributed by atoms with Crippen molar-refractivity contribution in [3.63, 3.8) is 0 Å². The maximum atomic E-state index is 12.3. The molecule has 0 saturated carbocycles. The van der Waals surface area contributed by atoms with E-state index >= 15 is 0 Å².